The highest BCUT2D eigenvalue weighted by molar-refractivity contribution is 5.81. The minimum absolute atomic E-state index is 0.0311. The van der Waals surface area contributed by atoms with Gasteiger partial charge < -0.3 is 14.8 Å². The smallest absolute Gasteiger partial charge is 0.258 e. The normalized spacial score (nSPS) is 16.0. The molecule has 19 heavy (non-hydrogen) atoms. The number of aromatic amines is 1. The van der Waals surface area contributed by atoms with Crippen LogP contribution in [0.3, 0.4) is 0 Å². The summed E-state index contributed by atoms with van der Waals surface area (Å²) in [5.41, 5.74) is 0.241. The van der Waals surface area contributed by atoms with Crippen molar-refractivity contribution in [2.45, 2.75) is 25.7 Å². The van der Waals surface area contributed by atoms with Gasteiger partial charge in [-0.1, -0.05) is 12.8 Å². The molecule has 1 saturated carbocycles. The van der Waals surface area contributed by atoms with Gasteiger partial charge in [0.2, 0.25) is 0 Å². The first-order chi connectivity index (χ1) is 9.24. The predicted molar refractivity (Wildman–Crippen MR) is 71.5 cm³/mol. The van der Waals surface area contributed by atoms with Crippen molar-refractivity contribution in [3.63, 3.8) is 0 Å². The van der Waals surface area contributed by atoms with E-state index in [2.05, 4.69) is 9.97 Å². The molecule has 5 nitrogen and oxygen atoms in total. The minimum atomic E-state index is -0.226. The lowest BCUT2D eigenvalue weighted by atomic mass is 10.1. The number of hydrogen-bond donors (Lipinski definition) is 2. The Labute approximate surface area is 110 Å². The second-order valence-electron chi connectivity index (χ2n) is 5.03. The van der Waals surface area contributed by atoms with E-state index in [0.717, 1.165) is 0 Å². The van der Waals surface area contributed by atoms with Crippen LogP contribution in [0, 0.1) is 5.92 Å². The van der Waals surface area contributed by atoms with Gasteiger partial charge in [0.15, 0.2) is 11.5 Å². The number of nitrogens with one attached hydrogen (secondary N) is 1. The van der Waals surface area contributed by atoms with Gasteiger partial charge in [0, 0.05) is 6.07 Å². The standard InChI is InChI=1S/C14H16N2O3/c17-12-6-11-10(14(18)16-8-15-11)5-13(12)19-7-9-3-1-2-4-9/h5-6,8-9,17H,1-4,7H2,(H,15,16,18). The van der Waals surface area contributed by atoms with Crippen molar-refractivity contribution < 1.29 is 9.84 Å². The second kappa shape index (κ2) is 4.91. The van der Waals surface area contributed by atoms with Crippen LogP contribution in [0.5, 0.6) is 11.5 Å². The summed E-state index contributed by atoms with van der Waals surface area (Å²) in [5.74, 6) is 0.948. The molecule has 0 bridgehead atoms. The molecule has 0 saturated heterocycles. The fourth-order valence-corrected chi connectivity index (χ4v) is 2.58. The highest BCUT2D eigenvalue weighted by Gasteiger charge is 2.17. The molecule has 0 amide bonds. The van der Waals surface area contributed by atoms with Crippen molar-refractivity contribution in [3.8, 4) is 11.5 Å². The molecule has 0 atom stereocenters. The molecule has 0 spiro atoms. The molecule has 2 N–H and O–H groups in total. The van der Waals surface area contributed by atoms with Crippen molar-refractivity contribution in [3.05, 3.63) is 28.8 Å². The van der Waals surface area contributed by atoms with Crippen LogP contribution in [0.1, 0.15) is 25.7 Å². The predicted octanol–water partition coefficient (Wildman–Crippen LogP) is 2.20. The molecule has 1 aromatic heterocycles. The van der Waals surface area contributed by atoms with Crippen LogP contribution in [-0.4, -0.2) is 21.7 Å². The first-order valence-electron chi connectivity index (χ1n) is 6.57. The highest BCUT2D eigenvalue weighted by Crippen LogP contribution is 2.31. The van der Waals surface area contributed by atoms with Crippen LogP contribution in [0.4, 0.5) is 0 Å². The number of nitrogens with zero attached hydrogens (tertiary/aromatic N) is 1. The zero-order valence-electron chi connectivity index (χ0n) is 10.6. The Morgan fingerprint density at radius 3 is 2.95 bits per heavy atom. The van der Waals surface area contributed by atoms with E-state index < -0.39 is 0 Å². The van der Waals surface area contributed by atoms with Crippen LogP contribution in [-0.2, 0) is 0 Å². The summed E-state index contributed by atoms with van der Waals surface area (Å²) in [6.07, 6.45) is 6.18. The summed E-state index contributed by atoms with van der Waals surface area (Å²) >= 11 is 0. The SMILES string of the molecule is O=c1[nH]cnc2cc(O)c(OCC3CCCC3)cc12. The average Bonchev–Trinajstić information content (AvgIpc) is 2.90. The molecule has 0 aliphatic heterocycles. The van der Waals surface area contributed by atoms with Crippen LogP contribution >= 0.6 is 0 Å². The van der Waals surface area contributed by atoms with E-state index in [4.69, 9.17) is 4.74 Å². The molecule has 3 rings (SSSR count). The third kappa shape index (κ3) is 2.41. The molecular weight excluding hydrogens is 244 g/mol. The molecule has 0 radical (unpaired) electrons. The van der Waals surface area contributed by atoms with Crippen LogP contribution < -0.4 is 10.3 Å². The van der Waals surface area contributed by atoms with Crippen LogP contribution in [0.25, 0.3) is 10.9 Å². The Morgan fingerprint density at radius 2 is 2.16 bits per heavy atom. The molecule has 100 valence electrons. The number of aromatic hydroxyl groups is 1. The van der Waals surface area contributed by atoms with Gasteiger partial charge in [-0.3, -0.25) is 4.79 Å². The number of fused-ring (bicyclic) bond motifs is 1. The molecular formula is C14H16N2O3. The van der Waals surface area contributed by atoms with E-state index >= 15 is 0 Å². The van der Waals surface area contributed by atoms with E-state index in [9.17, 15) is 9.90 Å². The maximum atomic E-state index is 11.7. The number of phenols is 1. The van der Waals surface area contributed by atoms with Crippen LogP contribution in [0.15, 0.2) is 23.3 Å². The number of phenolic OH excluding ortho intramolecular Hbond substituents is 1. The second-order valence-corrected chi connectivity index (χ2v) is 5.03. The number of benzene rings is 1. The number of ether oxygens (including phenoxy) is 1. The molecule has 5 heteroatoms. The Bertz CT molecular complexity index is 645. The van der Waals surface area contributed by atoms with Crippen molar-refractivity contribution in [1.29, 1.82) is 0 Å². The average molecular weight is 260 g/mol. The largest absolute Gasteiger partial charge is 0.504 e. The lowest BCUT2D eigenvalue weighted by molar-refractivity contribution is 0.243. The van der Waals surface area contributed by atoms with Crippen molar-refractivity contribution in [2.24, 2.45) is 5.92 Å². The maximum absolute atomic E-state index is 11.7. The topological polar surface area (TPSA) is 75.2 Å². The summed E-state index contributed by atoms with van der Waals surface area (Å²) in [5, 5.41) is 10.3. The van der Waals surface area contributed by atoms with Crippen molar-refractivity contribution >= 4 is 10.9 Å². The summed E-state index contributed by atoms with van der Waals surface area (Å²) in [6.45, 7) is 0.594. The lowest BCUT2D eigenvalue weighted by Gasteiger charge is -2.12. The minimum Gasteiger partial charge on any atom is -0.504 e. The molecule has 2 aromatic rings. The van der Waals surface area contributed by atoms with Crippen molar-refractivity contribution in [2.75, 3.05) is 6.61 Å². The summed E-state index contributed by atoms with van der Waals surface area (Å²) in [4.78, 5) is 18.2. The van der Waals surface area contributed by atoms with E-state index in [1.807, 2.05) is 0 Å². The van der Waals surface area contributed by atoms with E-state index in [1.165, 1.54) is 38.1 Å². The highest BCUT2D eigenvalue weighted by atomic mass is 16.5. The number of aromatic nitrogens is 2. The van der Waals surface area contributed by atoms with E-state index in [-0.39, 0.29) is 11.3 Å². The summed E-state index contributed by atoms with van der Waals surface area (Å²) in [7, 11) is 0. The zero-order valence-corrected chi connectivity index (χ0v) is 10.6. The maximum Gasteiger partial charge on any atom is 0.258 e. The molecule has 1 fully saturated rings. The third-order valence-corrected chi connectivity index (χ3v) is 3.67. The van der Waals surface area contributed by atoms with Gasteiger partial charge in [-0.25, -0.2) is 4.98 Å². The number of H-pyrrole nitrogens is 1. The first kappa shape index (κ1) is 12.0. The lowest BCUT2D eigenvalue weighted by Crippen LogP contribution is -2.10. The molecule has 0 unspecified atom stereocenters. The van der Waals surface area contributed by atoms with E-state index in [0.29, 0.717) is 29.2 Å². The Morgan fingerprint density at radius 1 is 1.37 bits per heavy atom. The number of rotatable bonds is 3. The zero-order chi connectivity index (χ0) is 13.2. The van der Waals surface area contributed by atoms with Gasteiger partial charge >= 0.3 is 0 Å². The number of hydrogen-bond acceptors (Lipinski definition) is 4. The monoisotopic (exact) mass is 260 g/mol. The third-order valence-electron chi connectivity index (χ3n) is 3.67. The molecule has 1 heterocycles. The van der Waals surface area contributed by atoms with E-state index in [1.54, 1.807) is 6.07 Å². The molecule has 1 aliphatic carbocycles. The quantitative estimate of drug-likeness (QED) is 0.887. The van der Waals surface area contributed by atoms with Gasteiger partial charge in [-0.05, 0) is 24.8 Å². The fourth-order valence-electron chi connectivity index (χ4n) is 2.58. The summed E-state index contributed by atoms with van der Waals surface area (Å²) < 4.78 is 5.65. The Balaban J connectivity index is 1.88. The molecule has 1 aromatic carbocycles. The van der Waals surface area contributed by atoms with Gasteiger partial charge in [0.1, 0.15) is 0 Å². The Hall–Kier alpha value is -2.04. The molecule has 1 aliphatic rings. The first-order valence-corrected chi connectivity index (χ1v) is 6.57. The summed E-state index contributed by atoms with van der Waals surface area (Å²) in [6, 6.07) is 3.03. The van der Waals surface area contributed by atoms with Gasteiger partial charge in [0.25, 0.3) is 5.56 Å². The Kier molecular flexibility index (Phi) is 3.11. The van der Waals surface area contributed by atoms with Gasteiger partial charge in [0.05, 0.1) is 23.8 Å². The van der Waals surface area contributed by atoms with Gasteiger partial charge in [-0.15, -0.1) is 0 Å². The fraction of sp³-hybridized carbons (Fsp3) is 0.429. The van der Waals surface area contributed by atoms with Crippen LogP contribution in [0.2, 0.25) is 0 Å². The van der Waals surface area contributed by atoms with Gasteiger partial charge in [-0.2, -0.15) is 0 Å². The van der Waals surface area contributed by atoms with Crippen molar-refractivity contribution in [1.82, 2.24) is 9.97 Å².